The fraction of sp³-hybridized carbons (Fsp3) is 0.464. The molecule has 0 radical (unpaired) electrons. The smallest absolute Gasteiger partial charge is 0.205 e. The highest BCUT2D eigenvalue weighted by Gasteiger charge is 2.13. The highest BCUT2D eigenvalue weighted by atomic mass is 15.5. The Hall–Kier alpha value is -3.35. The van der Waals surface area contributed by atoms with Crippen molar-refractivity contribution in [3.8, 4) is 22.5 Å². The summed E-state index contributed by atoms with van der Waals surface area (Å²) in [5, 5.41) is 19.5. The number of H-pyrrole nitrogens is 1. The van der Waals surface area contributed by atoms with Gasteiger partial charge in [0, 0.05) is 24.9 Å². The molecule has 0 spiro atoms. The van der Waals surface area contributed by atoms with E-state index < -0.39 is 0 Å². The molecule has 0 aliphatic carbocycles. The Balaban J connectivity index is 1.49. The Morgan fingerprint density at radius 2 is 1.54 bits per heavy atom. The molecule has 2 heterocycles. The van der Waals surface area contributed by atoms with Crippen molar-refractivity contribution in [3.63, 3.8) is 0 Å². The van der Waals surface area contributed by atoms with E-state index in [9.17, 15) is 0 Å². The van der Waals surface area contributed by atoms with E-state index in [1.54, 1.807) is 0 Å². The summed E-state index contributed by atoms with van der Waals surface area (Å²) in [5.41, 5.74) is 4.43. The lowest BCUT2D eigenvalue weighted by Crippen LogP contribution is -2.07. The predicted molar refractivity (Wildman–Crippen MR) is 140 cm³/mol. The highest BCUT2D eigenvalue weighted by molar-refractivity contribution is 5.80. The minimum atomic E-state index is 0.604. The van der Waals surface area contributed by atoms with Crippen LogP contribution in [0.15, 0.2) is 48.5 Å². The molecule has 0 aliphatic rings. The molecule has 0 aliphatic heterocycles. The third-order valence-electron chi connectivity index (χ3n) is 6.41. The van der Waals surface area contributed by atoms with Crippen LogP contribution in [0.4, 0.5) is 0 Å². The third kappa shape index (κ3) is 6.84. The second-order valence-corrected chi connectivity index (χ2v) is 9.19. The molecule has 35 heavy (non-hydrogen) atoms. The summed E-state index contributed by atoms with van der Waals surface area (Å²) in [4.78, 5) is 4.96. The van der Waals surface area contributed by atoms with Crippen LogP contribution in [0.2, 0.25) is 0 Å². The maximum atomic E-state index is 4.96. The van der Waals surface area contributed by atoms with E-state index in [1.807, 2.05) is 18.2 Å². The molecule has 4 aromatic rings. The Morgan fingerprint density at radius 1 is 0.800 bits per heavy atom. The first-order valence-electron chi connectivity index (χ1n) is 13.1. The van der Waals surface area contributed by atoms with Gasteiger partial charge in [0.1, 0.15) is 5.82 Å². The van der Waals surface area contributed by atoms with Gasteiger partial charge < -0.3 is 0 Å². The summed E-state index contributed by atoms with van der Waals surface area (Å²) >= 11 is 0. The maximum absolute atomic E-state index is 4.96. The minimum Gasteiger partial charge on any atom is -0.249 e. The van der Waals surface area contributed by atoms with Gasteiger partial charge in [0.05, 0.1) is 0 Å². The molecule has 0 atom stereocenters. The Kier molecular flexibility index (Phi) is 9.15. The van der Waals surface area contributed by atoms with E-state index in [1.165, 1.54) is 50.5 Å². The van der Waals surface area contributed by atoms with Crippen molar-refractivity contribution in [1.82, 2.24) is 35.4 Å². The fourth-order valence-corrected chi connectivity index (χ4v) is 4.43. The number of hydrogen-bond donors (Lipinski definition) is 1. The SMILES string of the molecule is CCCCCCc1nc(Cc2ccc(-c3ccccc3-c3nn[nH]n3)cc2)n(CCCCCC)n1. The van der Waals surface area contributed by atoms with Crippen molar-refractivity contribution in [2.24, 2.45) is 0 Å². The molecule has 184 valence electrons. The summed E-state index contributed by atoms with van der Waals surface area (Å²) < 4.78 is 2.16. The Bertz CT molecular complexity index is 1150. The van der Waals surface area contributed by atoms with Gasteiger partial charge in [0.15, 0.2) is 5.82 Å². The molecule has 2 aromatic heterocycles. The van der Waals surface area contributed by atoms with E-state index in [-0.39, 0.29) is 0 Å². The average molecular weight is 472 g/mol. The van der Waals surface area contributed by atoms with Crippen LogP contribution in [0.5, 0.6) is 0 Å². The van der Waals surface area contributed by atoms with Gasteiger partial charge in [-0.3, -0.25) is 0 Å². The third-order valence-corrected chi connectivity index (χ3v) is 6.41. The second kappa shape index (κ2) is 12.9. The van der Waals surface area contributed by atoms with Gasteiger partial charge in [-0.2, -0.15) is 10.3 Å². The van der Waals surface area contributed by atoms with Gasteiger partial charge in [0.2, 0.25) is 5.82 Å². The van der Waals surface area contributed by atoms with Gasteiger partial charge in [-0.15, -0.1) is 10.2 Å². The molecule has 0 fully saturated rings. The fourth-order valence-electron chi connectivity index (χ4n) is 4.43. The summed E-state index contributed by atoms with van der Waals surface area (Å²) in [6.45, 7) is 5.45. The van der Waals surface area contributed by atoms with Crippen molar-refractivity contribution in [2.45, 2.75) is 84.6 Å². The van der Waals surface area contributed by atoms with Crippen LogP contribution in [0.3, 0.4) is 0 Å². The summed E-state index contributed by atoms with van der Waals surface area (Å²) in [5.74, 6) is 2.68. The number of aryl methyl sites for hydroxylation is 2. The number of aromatic amines is 1. The molecular weight excluding hydrogens is 434 g/mol. The normalized spacial score (nSPS) is 11.3. The predicted octanol–water partition coefficient (Wildman–Crippen LogP) is 6.42. The quantitative estimate of drug-likeness (QED) is 0.215. The standard InChI is InChI=1S/C28H37N7/c1-3-5-7-9-15-26-29-27(35(32-26)20-12-8-6-4-2)21-22-16-18-23(19-17-22)24-13-10-11-14-25(24)28-30-33-34-31-28/h10-11,13-14,16-19H,3-9,12,15,20-21H2,1-2H3,(H,30,31,33,34). The van der Waals surface area contributed by atoms with Gasteiger partial charge in [0.25, 0.3) is 0 Å². The molecule has 7 heteroatoms. The summed E-state index contributed by atoms with van der Waals surface area (Å²) in [6, 6.07) is 16.9. The van der Waals surface area contributed by atoms with Crippen molar-refractivity contribution in [1.29, 1.82) is 0 Å². The monoisotopic (exact) mass is 471 g/mol. The first kappa shape index (κ1) is 24.8. The molecule has 2 aromatic carbocycles. The number of unbranched alkanes of at least 4 members (excludes halogenated alkanes) is 6. The van der Waals surface area contributed by atoms with Crippen LogP contribution in [0, 0.1) is 0 Å². The summed E-state index contributed by atoms with van der Waals surface area (Å²) in [6.07, 6.45) is 11.7. The number of nitrogens with one attached hydrogen (secondary N) is 1. The number of rotatable bonds is 14. The van der Waals surface area contributed by atoms with Crippen LogP contribution in [-0.4, -0.2) is 35.4 Å². The first-order chi connectivity index (χ1) is 17.3. The largest absolute Gasteiger partial charge is 0.249 e. The van der Waals surface area contributed by atoms with Crippen molar-refractivity contribution in [2.75, 3.05) is 0 Å². The van der Waals surface area contributed by atoms with Crippen molar-refractivity contribution >= 4 is 0 Å². The zero-order valence-electron chi connectivity index (χ0n) is 21.1. The lowest BCUT2D eigenvalue weighted by atomic mass is 9.98. The molecule has 7 nitrogen and oxygen atoms in total. The first-order valence-corrected chi connectivity index (χ1v) is 13.1. The maximum Gasteiger partial charge on any atom is 0.205 e. The highest BCUT2D eigenvalue weighted by Crippen LogP contribution is 2.30. The van der Waals surface area contributed by atoms with Gasteiger partial charge in [-0.05, 0) is 34.7 Å². The minimum absolute atomic E-state index is 0.604. The van der Waals surface area contributed by atoms with Gasteiger partial charge in [-0.1, -0.05) is 101 Å². The number of tetrazole rings is 1. The van der Waals surface area contributed by atoms with Crippen molar-refractivity contribution < 1.29 is 0 Å². The summed E-state index contributed by atoms with van der Waals surface area (Å²) in [7, 11) is 0. The second-order valence-electron chi connectivity index (χ2n) is 9.19. The van der Waals surface area contributed by atoms with Crippen LogP contribution < -0.4 is 0 Å². The molecule has 0 saturated carbocycles. The van der Waals surface area contributed by atoms with E-state index in [0.29, 0.717) is 5.82 Å². The van der Waals surface area contributed by atoms with E-state index in [2.05, 4.69) is 69.5 Å². The van der Waals surface area contributed by atoms with E-state index in [0.717, 1.165) is 54.1 Å². The topological polar surface area (TPSA) is 85.2 Å². The zero-order valence-corrected chi connectivity index (χ0v) is 21.1. The average Bonchev–Trinajstić information content (AvgIpc) is 3.56. The molecule has 0 bridgehead atoms. The lowest BCUT2D eigenvalue weighted by molar-refractivity contribution is 0.520. The molecule has 4 rings (SSSR count). The molecular formula is C28H37N7. The molecule has 0 saturated heterocycles. The van der Waals surface area contributed by atoms with Gasteiger partial charge in [-0.25, -0.2) is 9.67 Å². The number of nitrogens with zero attached hydrogens (tertiary/aromatic N) is 6. The van der Waals surface area contributed by atoms with E-state index >= 15 is 0 Å². The van der Waals surface area contributed by atoms with Crippen LogP contribution in [0.1, 0.15) is 82.4 Å². The van der Waals surface area contributed by atoms with Crippen molar-refractivity contribution in [3.05, 3.63) is 65.7 Å². The number of aromatic nitrogens is 7. The number of benzene rings is 2. The number of hydrogen-bond acceptors (Lipinski definition) is 5. The molecule has 1 N–H and O–H groups in total. The molecule has 0 amide bonds. The van der Waals surface area contributed by atoms with Crippen LogP contribution >= 0.6 is 0 Å². The molecule has 0 unspecified atom stereocenters. The van der Waals surface area contributed by atoms with E-state index in [4.69, 9.17) is 10.1 Å². The van der Waals surface area contributed by atoms with Crippen LogP contribution in [-0.2, 0) is 19.4 Å². The van der Waals surface area contributed by atoms with Crippen LogP contribution in [0.25, 0.3) is 22.5 Å². The lowest BCUT2D eigenvalue weighted by Gasteiger charge is -2.09. The van der Waals surface area contributed by atoms with Gasteiger partial charge >= 0.3 is 0 Å². The Morgan fingerprint density at radius 3 is 2.26 bits per heavy atom. The zero-order chi connectivity index (χ0) is 24.3. The Labute approximate surface area is 208 Å².